The van der Waals surface area contributed by atoms with Crippen LogP contribution in [-0.2, 0) is 0 Å². The first-order valence-electron chi connectivity index (χ1n) is 5.30. The second kappa shape index (κ2) is 5.78. The van der Waals surface area contributed by atoms with Crippen LogP contribution in [0.5, 0.6) is 10.8 Å². The maximum Gasteiger partial charge on any atom is 0.323 e. The van der Waals surface area contributed by atoms with Gasteiger partial charge >= 0.3 is 5.69 Å². The highest BCUT2D eigenvalue weighted by Crippen LogP contribution is 2.40. The number of Topliss-reactive ketones (excluding diaryl/α,β-unsaturated/α-hetero) is 1. The van der Waals surface area contributed by atoms with Crippen molar-refractivity contribution in [3.05, 3.63) is 49.3 Å². The Labute approximate surface area is 127 Å². The van der Waals surface area contributed by atoms with E-state index in [0.29, 0.717) is 10.0 Å². The van der Waals surface area contributed by atoms with Gasteiger partial charge in [0, 0.05) is 16.1 Å². The molecule has 0 N–H and O–H groups in total. The highest BCUT2D eigenvalue weighted by atomic mass is 35.5. The minimum Gasteiger partial charge on any atom is -0.440 e. The number of hydrogen-bond donors (Lipinski definition) is 0. The molecule has 0 bridgehead atoms. The molecule has 1 aromatic heterocycles. The number of rotatable bonds is 4. The topological polar surface area (TPSA) is 69.4 Å². The van der Waals surface area contributed by atoms with Crippen molar-refractivity contribution in [3.63, 3.8) is 0 Å². The van der Waals surface area contributed by atoms with Gasteiger partial charge in [0.2, 0.25) is 0 Å². The third-order valence-corrected chi connectivity index (χ3v) is 3.81. The summed E-state index contributed by atoms with van der Waals surface area (Å²) < 4.78 is 5.42. The van der Waals surface area contributed by atoms with Gasteiger partial charge in [0.25, 0.3) is 5.06 Å². The highest BCUT2D eigenvalue weighted by molar-refractivity contribution is 7.16. The lowest BCUT2D eigenvalue weighted by Crippen LogP contribution is -1.89. The van der Waals surface area contributed by atoms with Crippen LogP contribution in [0.3, 0.4) is 0 Å². The first kappa shape index (κ1) is 14.8. The number of ether oxygens (including phenoxy) is 1. The maximum absolute atomic E-state index is 11.3. The van der Waals surface area contributed by atoms with E-state index in [-0.39, 0.29) is 27.2 Å². The first-order valence-corrected chi connectivity index (χ1v) is 6.87. The van der Waals surface area contributed by atoms with E-state index < -0.39 is 4.92 Å². The summed E-state index contributed by atoms with van der Waals surface area (Å²) in [6.07, 6.45) is 0. The van der Waals surface area contributed by atoms with Crippen LogP contribution in [0, 0.1) is 10.1 Å². The highest BCUT2D eigenvalue weighted by Gasteiger charge is 2.23. The Hall–Kier alpha value is -1.63. The van der Waals surface area contributed by atoms with E-state index in [4.69, 9.17) is 27.9 Å². The Morgan fingerprint density at radius 1 is 1.25 bits per heavy atom. The molecular weight excluding hydrogens is 325 g/mol. The van der Waals surface area contributed by atoms with Crippen molar-refractivity contribution in [3.8, 4) is 10.8 Å². The summed E-state index contributed by atoms with van der Waals surface area (Å²) in [5.41, 5.74) is -0.267. The van der Waals surface area contributed by atoms with Gasteiger partial charge in [-0.15, -0.1) is 0 Å². The molecule has 0 saturated carbocycles. The van der Waals surface area contributed by atoms with Gasteiger partial charge in [-0.25, -0.2) is 0 Å². The minimum absolute atomic E-state index is 0.0125. The predicted octanol–water partition coefficient (Wildman–Crippen LogP) is 4.96. The van der Waals surface area contributed by atoms with E-state index in [0.717, 1.165) is 11.3 Å². The van der Waals surface area contributed by atoms with E-state index in [9.17, 15) is 14.9 Å². The molecule has 104 valence electrons. The molecular formula is C12H7Cl2NO4S. The zero-order valence-corrected chi connectivity index (χ0v) is 12.4. The fourth-order valence-corrected chi connectivity index (χ4v) is 2.83. The number of nitrogens with zero attached hydrogens (tertiary/aromatic N) is 1. The molecule has 0 spiro atoms. The maximum atomic E-state index is 11.3. The van der Waals surface area contributed by atoms with E-state index in [1.807, 2.05) is 0 Å². The van der Waals surface area contributed by atoms with Crippen LogP contribution in [0.4, 0.5) is 5.69 Å². The quantitative estimate of drug-likeness (QED) is 0.451. The standard InChI is InChI=1S/C12H7Cl2NO4S/c1-6(16)11-5-10(15(17)18)12(20-11)19-9-3-7(13)2-8(14)4-9/h2-5H,1H3. The van der Waals surface area contributed by atoms with E-state index in [1.165, 1.54) is 31.2 Å². The van der Waals surface area contributed by atoms with Gasteiger partial charge in [0.15, 0.2) is 5.78 Å². The lowest BCUT2D eigenvalue weighted by atomic mass is 10.3. The van der Waals surface area contributed by atoms with Crippen LogP contribution in [0.25, 0.3) is 0 Å². The van der Waals surface area contributed by atoms with Crippen LogP contribution in [0.2, 0.25) is 10.0 Å². The molecule has 2 aromatic rings. The first-order chi connectivity index (χ1) is 9.36. The number of nitro groups is 1. The molecule has 0 atom stereocenters. The molecule has 0 saturated heterocycles. The van der Waals surface area contributed by atoms with Gasteiger partial charge in [0.1, 0.15) is 5.75 Å². The number of carbonyl (C=O) groups excluding carboxylic acids is 1. The van der Waals surface area contributed by atoms with Crippen LogP contribution < -0.4 is 4.74 Å². The molecule has 20 heavy (non-hydrogen) atoms. The average Bonchev–Trinajstić information content (AvgIpc) is 2.71. The molecule has 0 aliphatic rings. The molecule has 0 radical (unpaired) electrons. The molecule has 0 aliphatic heterocycles. The Kier molecular flexibility index (Phi) is 4.27. The smallest absolute Gasteiger partial charge is 0.323 e. The summed E-state index contributed by atoms with van der Waals surface area (Å²) in [7, 11) is 0. The van der Waals surface area contributed by atoms with Crippen molar-refractivity contribution in [2.75, 3.05) is 0 Å². The molecule has 5 nitrogen and oxygen atoms in total. The van der Waals surface area contributed by atoms with Crippen molar-refractivity contribution in [1.29, 1.82) is 0 Å². The fraction of sp³-hybridized carbons (Fsp3) is 0.0833. The van der Waals surface area contributed by atoms with Crippen molar-refractivity contribution in [2.24, 2.45) is 0 Å². The number of hydrogen-bond acceptors (Lipinski definition) is 5. The van der Waals surface area contributed by atoms with Crippen molar-refractivity contribution in [1.82, 2.24) is 0 Å². The zero-order chi connectivity index (χ0) is 14.9. The van der Waals surface area contributed by atoms with Gasteiger partial charge in [-0.2, -0.15) is 0 Å². The van der Waals surface area contributed by atoms with E-state index in [1.54, 1.807) is 0 Å². The number of benzene rings is 1. The summed E-state index contributed by atoms with van der Waals surface area (Å²) in [5.74, 6) is -0.000344. The second-order valence-corrected chi connectivity index (χ2v) is 5.69. The third kappa shape index (κ3) is 3.27. The zero-order valence-electron chi connectivity index (χ0n) is 10.1. The van der Waals surface area contributed by atoms with E-state index >= 15 is 0 Å². The number of halogens is 2. The molecule has 8 heteroatoms. The SMILES string of the molecule is CC(=O)c1cc([N+](=O)[O-])c(Oc2cc(Cl)cc(Cl)c2)s1. The summed E-state index contributed by atoms with van der Waals surface area (Å²) >= 11 is 12.6. The van der Waals surface area contributed by atoms with Crippen molar-refractivity contribution in [2.45, 2.75) is 6.92 Å². The van der Waals surface area contributed by atoms with Gasteiger partial charge in [-0.1, -0.05) is 34.5 Å². The lowest BCUT2D eigenvalue weighted by molar-refractivity contribution is -0.385. The third-order valence-electron chi connectivity index (χ3n) is 2.27. The Balaban J connectivity index is 2.41. The van der Waals surface area contributed by atoms with Gasteiger partial charge in [-0.3, -0.25) is 14.9 Å². The van der Waals surface area contributed by atoms with Crippen molar-refractivity contribution < 1.29 is 14.5 Å². The van der Waals surface area contributed by atoms with Crippen LogP contribution in [-0.4, -0.2) is 10.7 Å². The van der Waals surface area contributed by atoms with Crippen LogP contribution in [0.15, 0.2) is 24.3 Å². The summed E-state index contributed by atoms with van der Waals surface area (Å²) in [5, 5.41) is 11.7. The van der Waals surface area contributed by atoms with Gasteiger partial charge in [0.05, 0.1) is 9.80 Å². The van der Waals surface area contributed by atoms with Crippen LogP contribution in [0.1, 0.15) is 16.6 Å². The van der Waals surface area contributed by atoms with Crippen LogP contribution >= 0.6 is 34.5 Å². The molecule has 2 rings (SSSR count). The minimum atomic E-state index is -0.607. The number of ketones is 1. The fourth-order valence-electron chi connectivity index (χ4n) is 1.43. The van der Waals surface area contributed by atoms with E-state index in [2.05, 4.69) is 0 Å². The summed E-state index contributed by atoms with van der Waals surface area (Å²) in [6, 6.07) is 5.66. The Morgan fingerprint density at radius 2 is 1.85 bits per heavy atom. The average molecular weight is 332 g/mol. The molecule has 0 unspecified atom stereocenters. The molecule has 1 heterocycles. The summed E-state index contributed by atoms with van der Waals surface area (Å²) in [6.45, 7) is 1.33. The molecule has 1 aromatic carbocycles. The largest absolute Gasteiger partial charge is 0.440 e. The lowest BCUT2D eigenvalue weighted by Gasteiger charge is -2.03. The number of carbonyl (C=O) groups is 1. The van der Waals surface area contributed by atoms with Gasteiger partial charge < -0.3 is 4.74 Å². The molecule has 0 aliphatic carbocycles. The predicted molar refractivity (Wildman–Crippen MR) is 77.5 cm³/mol. The number of thiophene rings is 1. The second-order valence-electron chi connectivity index (χ2n) is 3.80. The Morgan fingerprint density at radius 3 is 2.35 bits per heavy atom. The van der Waals surface area contributed by atoms with Crippen molar-refractivity contribution >= 4 is 46.0 Å². The molecule has 0 fully saturated rings. The Bertz CT molecular complexity index is 679. The van der Waals surface area contributed by atoms with Gasteiger partial charge in [-0.05, 0) is 25.1 Å². The molecule has 0 amide bonds. The monoisotopic (exact) mass is 331 g/mol. The normalized spacial score (nSPS) is 10.3. The summed E-state index contributed by atoms with van der Waals surface area (Å²) in [4.78, 5) is 21.9.